The third kappa shape index (κ3) is 5.06. The van der Waals surface area contributed by atoms with Gasteiger partial charge in [0, 0.05) is 30.9 Å². The van der Waals surface area contributed by atoms with Gasteiger partial charge in [-0.3, -0.25) is 4.98 Å². The monoisotopic (exact) mass is 436 g/mol. The Morgan fingerprint density at radius 2 is 1.66 bits per heavy atom. The molecular weight excluding hydrogens is 408 g/mol. The molecular formula is C25H28N2O5. The SMILES string of the molecule is CCOC(=O)C1=C(C)NC(C)=C(C(=O)OCC(OC)c2ccccc2)C1c1cccnc1. The fraction of sp³-hybridized carbons (Fsp3) is 0.320. The van der Waals surface area contributed by atoms with E-state index in [1.807, 2.05) is 36.4 Å². The molecule has 0 fully saturated rings. The van der Waals surface area contributed by atoms with Crippen molar-refractivity contribution in [3.05, 3.63) is 88.5 Å². The number of allylic oxidation sites excluding steroid dienone is 2. The summed E-state index contributed by atoms with van der Waals surface area (Å²) in [6.07, 6.45) is 2.88. The van der Waals surface area contributed by atoms with E-state index in [2.05, 4.69) is 10.3 Å². The minimum atomic E-state index is -0.658. The fourth-order valence-corrected chi connectivity index (χ4v) is 3.82. The van der Waals surface area contributed by atoms with Crippen LogP contribution in [0.1, 0.15) is 43.9 Å². The van der Waals surface area contributed by atoms with E-state index >= 15 is 0 Å². The number of ether oxygens (including phenoxy) is 3. The van der Waals surface area contributed by atoms with Gasteiger partial charge < -0.3 is 19.5 Å². The van der Waals surface area contributed by atoms with Gasteiger partial charge >= 0.3 is 11.9 Å². The highest BCUT2D eigenvalue weighted by Crippen LogP contribution is 2.39. The maximum absolute atomic E-state index is 13.3. The Hall–Kier alpha value is -3.45. The van der Waals surface area contributed by atoms with Crippen molar-refractivity contribution >= 4 is 11.9 Å². The average molecular weight is 437 g/mol. The second kappa shape index (κ2) is 10.7. The lowest BCUT2D eigenvalue weighted by Crippen LogP contribution is -2.33. The topological polar surface area (TPSA) is 86.8 Å². The molecule has 3 rings (SSSR count). The van der Waals surface area contributed by atoms with Crippen molar-refractivity contribution in [2.24, 2.45) is 0 Å². The number of pyridine rings is 1. The smallest absolute Gasteiger partial charge is 0.336 e. The van der Waals surface area contributed by atoms with Crippen LogP contribution < -0.4 is 5.32 Å². The highest BCUT2D eigenvalue weighted by Gasteiger charge is 2.38. The predicted molar refractivity (Wildman–Crippen MR) is 119 cm³/mol. The van der Waals surface area contributed by atoms with Gasteiger partial charge in [-0.05, 0) is 38.0 Å². The number of nitrogens with one attached hydrogen (secondary N) is 1. The van der Waals surface area contributed by atoms with Crippen LogP contribution >= 0.6 is 0 Å². The standard InChI is InChI=1S/C25H28N2O5/c1-5-31-24(28)21-16(2)27-17(3)22(23(21)19-12-9-13-26-14-19)25(29)32-15-20(30-4)18-10-7-6-8-11-18/h6-14,20,23,27H,5,15H2,1-4H3. The quantitative estimate of drug-likeness (QED) is 0.630. The molecule has 0 bridgehead atoms. The number of carbonyl (C=O) groups excluding carboxylic acids is 2. The number of hydrogen-bond donors (Lipinski definition) is 1. The zero-order chi connectivity index (χ0) is 23.1. The van der Waals surface area contributed by atoms with Gasteiger partial charge in [0.05, 0.1) is 23.7 Å². The molecule has 0 amide bonds. The summed E-state index contributed by atoms with van der Waals surface area (Å²) in [5.74, 6) is -1.67. The van der Waals surface area contributed by atoms with Crippen molar-refractivity contribution in [1.82, 2.24) is 10.3 Å². The minimum absolute atomic E-state index is 0.0350. The molecule has 0 spiro atoms. The molecule has 0 saturated carbocycles. The molecule has 1 aliphatic rings. The van der Waals surface area contributed by atoms with E-state index in [0.29, 0.717) is 28.1 Å². The van der Waals surface area contributed by atoms with E-state index in [9.17, 15) is 9.59 Å². The number of methoxy groups -OCH3 is 1. The Kier molecular flexibility index (Phi) is 7.78. The van der Waals surface area contributed by atoms with Gasteiger partial charge in [0.25, 0.3) is 0 Å². The first-order chi connectivity index (χ1) is 15.5. The molecule has 0 aliphatic carbocycles. The summed E-state index contributed by atoms with van der Waals surface area (Å²) in [7, 11) is 1.57. The Labute approximate surface area is 188 Å². The number of hydrogen-bond acceptors (Lipinski definition) is 7. The van der Waals surface area contributed by atoms with E-state index in [1.54, 1.807) is 46.3 Å². The first kappa shape index (κ1) is 23.2. The summed E-state index contributed by atoms with van der Waals surface area (Å²) in [6, 6.07) is 13.1. The molecule has 1 aromatic heterocycles. The second-order valence-corrected chi connectivity index (χ2v) is 7.38. The third-order valence-electron chi connectivity index (χ3n) is 5.32. The second-order valence-electron chi connectivity index (χ2n) is 7.38. The molecule has 32 heavy (non-hydrogen) atoms. The van der Waals surface area contributed by atoms with Gasteiger partial charge in [-0.25, -0.2) is 9.59 Å². The van der Waals surface area contributed by atoms with Gasteiger partial charge in [-0.15, -0.1) is 0 Å². The molecule has 1 N–H and O–H groups in total. The summed E-state index contributed by atoms with van der Waals surface area (Å²) in [5.41, 5.74) is 3.56. The molecule has 7 heteroatoms. The van der Waals surface area contributed by atoms with E-state index in [-0.39, 0.29) is 13.2 Å². The molecule has 0 saturated heterocycles. The number of rotatable bonds is 8. The third-order valence-corrected chi connectivity index (χ3v) is 5.32. The van der Waals surface area contributed by atoms with E-state index in [1.165, 1.54) is 0 Å². The van der Waals surface area contributed by atoms with Crippen LogP contribution in [0, 0.1) is 0 Å². The lowest BCUT2D eigenvalue weighted by molar-refractivity contribution is -0.143. The van der Waals surface area contributed by atoms with Gasteiger partial charge in [0.15, 0.2) is 0 Å². The van der Waals surface area contributed by atoms with Crippen LogP contribution in [0.25, 0.3) is 0 Å². The summed E-state index contributed by atoms with van der Waals surface area (Å²) in [5, 5.41) is 3.14. The Morgan fingerprint density at radius 3 is 2.22 bits per heavy atom. The van der Waals surface area contributed by atoms with Crippen LogP contribution in [0.2, 0.25) is 0 Å². The minimum Gasteiger partial charge on any atom is -0.463 e. The molecule has 2 unspecified atom stereocenters. The van der Waals surface area contributed by atoms with Gasteiger partial charge in [0.2, 0.25) is 0 Å². The Balaban J connectivity index is 1.92. The van der Waals surface area contributed by atoms with E-state index in [0.717, 1.165) is 5.56 Å². The number of aromatic nitrogens is 1. The Morgan fingerprint density at radius 1 is 1.00 bits per heavy atom. The number of nitrogens with zero attached hydrogens (tertiary/aromatic N) is 1. The lowest BCUT2D eigenvalue weighted by atomic mass is 9.81. The van der Waals surface area contributed by atoms with Crippen molar-refractivity contribution in [2.75, 3.05) is 20.3 Å². The fourth-order valence-electron chi connectivity index (χ4n) is 3.82. The maximum Gasteiger partial charge on any atom is 0.336 e. The van der Waals surface area contributed by atoms with Gasteiger partial charge in [-0.1, -0.05) is 36.4 Å². The molecule has 2 heterocycles. The normalized spacial score (nSPS) is 16.9. The zero-order valence-corrected chi connectivity index (χ0v) is 18.8. The van der Waals surface area contributed by atoms with Crippen LogP contribution in [0.4, 0.5) is 0 Å². The summed E-state index contributed by atoms with van der Waals surface area (Å²) < 4.78 is 16.5. The highest BCUT2D eigenvalue weighted by molar-refractivity contribution is 5.99. The first-order valence-electron chi connectivity index (χ1n) is 10.5. The van der Waals surface area contributed by atoms with E-state index < -0.39 is 24.0 Å². The summed E-state index contributed by atoms with van der Waals surface area (Å²) >= 11 is 0. The zero-order valence-electron chi connectivity index (χ0n) is 18.8. The van der Waals surface area contributed by atoms with Crippen molar-refractivity contribution in [2.45, 2.75) is 32.8 Å². The summed E-state index contributed by atoms with van der Waals surface area (Å²) in [6.45, 7) is 5.58. The Bertz CT molecular complexity index is 1020. The molecule has 2 atom stereocenters. The van der Waals surface area contributed by atoms with Crippen molar-refractivity contribution in [1.29, 1.82) is 0 Å². The number of esters is 2. The largest absolute Gasteiger partial charge is 0.463 e. The highest BCUT2D eigenvalue weighted by atomic mass is 16.6. The van der Waals surface area contributed by atoms with Gasteiger partial charge in [-0.2, -0.15) is 0 Å². The van der Waals surface area contributed by atoms with Crippen molar-refractivity contribution in [3.63, 3.8) is 0 Å². The van der Waals surface area contributed by atoms with Crippen molar-refractivity contribution < 1.29 is 23.8 Å². The lowest BCUT2D eigenvalue weighted by Gasteiger charge is -2.30. The van der Waals surface area contributed by atoms with Crippen LogP contribution in [0.5, 0.6) is 0 Å². The molecule has 1 aromatic carbocycles. The van der Waals surface area contributed by atoms with Crippen LogP contribution in [0.3, 0.4) is 0 Å². The van der Waals surface area contributed by atoms with Crippen LogP contribution in [-0.2, 0) is 23.8 Å². The van der Waals surface area contributed by atoms with Crippen LogP contribution in [0.15, 0.2) is 77.4 Å². The molecule has 7 nitrogen and oxygen atoms in total. The predicted octanol–water partition coefficient (Wildman–Crippen LogP) is 3.81. The first-order valence-corrected chi connectivity index (χ1v) is 10.5. The van der Waals surface area contributed by atoms with E-state index in [4.69, 9.17) is 14.2 Å². The number of dihydropyridines is 1. The average Bonchev–Trinajstić information content (AvgIpc) is 2.80. The maximum atomic E-state index is 13.3. The van der Waals surface area contributed by atoms with Crippen molar-refractivity contribution in [3.8, 4) is 0 Å². The molecule has 2 aromatic rings. The van der Waals surface area contributed by atoms with Crippen LogP contribution in [-0.4, -0.2) is 37.2 Å². The summed E-state index contributed by atoms with van der Waals surface area (Å²) in [4.78, 5) is 30.3. The molecule has 0 radical (unpaired) electrons. The molecule has 168 valence electrons. The molecule has 1 aliphatic heterocycles. The number of benzene rings is 1. The number of carbonyl (C=O) groups is 2. The van der Waals surface area contributed by atoms with Gasteiger partial charge in [0.1, 0.15) is 12.7 Å².